The van der Waals surface area contributed by atoms with Crippen molar-refractivity contribution in [2.75, 3.05) is 13.2 Å². The number of ketones is 4. The highest BCUT2D eigenvalue weighted by molar-refractivity contribution is 6.32. The van der Waals surface area contributed by atoms with Crippen LogP contribution in [0, 0.1) is 5.92 Å². The second-order valence-electron chi connectivity index (χ2n) is 35.0. The normalized spacial score (nSPS) is 27.5. The summed E-state index contributed by atoms with van der Waals surface area (Å²) in [5.74, 6) is -13.8. The van der Waals surface area contributed by atoms with Crippen LogP contribution in [0.1, 0.15) is 129 Å². The number of ether oxygens (including phenoxy) is 7. The first-order valence-electron chi connectivity index (χ1n) is 45.0. The summed E-state index contributed by atoms with van der Waals surface area (Å²) in [6, 6.07) is 45.3. The smallest absolute Gasteiger partial charge is 0.252 e. The number of H-pyrrole nitrogens is 1. The number of Topliss-reactive ketones (excluding diaryl/α,β-unsaturated/α-hetero) is 1. The molecule has 760 valence electrons. The lowest BCUT2D eigenvalue weighted by Crippen LogP contribution is -2.61. The molecule has 0 saturated carbocycles. The van der Waals surface area contributed by atoms with Gasteiger partial charge in [-0.25, -0.2) is 10.2 Å². The molecular weight excluding hydrogens is 1930 g/mol. The van der Waals surface area contributed by atoms with E-state index in [9.17, 15) is 147 Å². The number of carbonyl (C=O) groups is 4. The van der Waals surface area contributed by atoms with Gasteiger partial charge in [0.05, 0.1) is 76.3 Å². The summed E-state index contributed by atoms with van der Waals surface area (Å²) in [5.41, 5.74) is 8.46. The number of fused-ring (bicyclic) bond motifs is 11. The summed E-state index contributed by atoms with van der Waals surface area (Å²) in [6.07, 6.45) is -12.3. The summed E-state index contributed by atoms with van der Waals surface area (Å²) >= 11 is 0. The SMILES string of the molecule is CC1OC(OCC2OC(OC3=C(c4ccc(O)c(O)c4)OC4C=C(O)C=C(O)C4C3=O)C(O)C(O)C2O)C(O)C(O)C1O.O=C1c2cc(O)c(OOO)c(O)c2C(O)c2c(O)c(C3OC(CO)OC(O)C3O)c(O)c(O)c21.O=C1c2ccccc2C(=O)c2c(O)ccc(O)c21.Oc1ccc(/C2=C3\C=CC(N3)C(c3ccc(O)cc3)C3=N/C(=C(/c4ccc(O)cc4)c4ccc([nH]4)/C(c4ccc(O)cc4)=C4/C=CC2=N4)C=C3)cc1. The molecular formula is C104H90N4O39. The number of rotatable bonds is 14. The molecule has 3 saturated heterocycles. The lowest BCUT2D eigenvalue weighted by Gasteiger charge is -2.43. The van der Waals surface area contributed by atoms with Crippen LogP contribution in [-0.2, 0) is 43.0 Å². The van der Waals surface area contributed by atoms with Crippen molar-refractivity contribution < 1.29 is 195 Å². The van der Waals surface area contributed by atoms with Crippen LogP contribution in [0.2, 0.25) is 0 Å². The minimum atomic E-state index is -2.12. The molecule has 8 bridgehead atoms. The van der Waals surface area contributed by atoms with E-state index in [1.807, 2.05) is 85.0 Å². The van der Waals surface area contributed by atoms with Gasteiger partial charge in [0.25, 0.3) is 5.75 Å². The van der Waals surface area contributed by atoms with Crippen molar-refractivity contribution in [2.45, 2.75) is 117 Å². The Morgan fingerprint density at radius 3 is 1.60 bits per heavy atom. The Morgan fingerprint density at radius 1 is 0.456 bits per heavy atom. The third-order valence-corrected chi connectivity index (χ3v) is 25.9. The fourth-order valence-electron chi connectivity index (χ4n) is 18.6. The number of carbonyl (C=O) groups excluding carboxylic acids is 4. The Bertz CT molecular complexity index is 7260. The van der Waals surface area contributed by atoms with Crippen LogP contribution >= 0.6 is 0 Å². The molecule has 3 aliphatic carbocycles. The van der Waals surface area contributed by atoms with Crippen molar-refractivity contribution in [3.8, 4) is 80.5 Å². The van der Waals surface area contributed by atoms with E-state index in [0.717, 1.165) is 103 Å². The average Bonchev–Trinajstić information content (AvgIpc) is 1.71. The maximum absolute atomic E-state index is 13.6. The predicted octanol–water partition coefficient (Wildman–Crippen LogP) is 6.61. The molecule has 21 rings (SSSR count). The molecule has 43 nitrogen and oxygen atoms in total. The molecule has 9 aromatic carbocycles. The van der Waals surface area contributed by atoms with E-state index in [1.165, 1.54) is 37.3 Å². The van der Waals surface area contributed by atoms with E-state index in [4.69, 9.17) is 48.4 Å². The molecule has 43 heteroatoms. The summed E-state index contributed by atoms with van der Waals surface area (Å²) in [7, 11) is 0. The van der Waals surface area contributed by atoms with Gasteiger partial charge in [0.1, 0.15) is 125 Å². The third kappa shape index (κ3) is 18.8. The Labute approximate surface area is 827 Å². The molecule has 0 radical (unpaired) electrons. The number of hydrogen-bond acceptors (Lipinski definition) is 42. The molecule has 8 aliphatic heterocycles. The number of aromatic amines is 1. The summed E-state index contributed by atoms with van der Waals surface area (Å²) in [5, 5.41) is 270. The number of nitrogens with one attached hydrogen (secondary N) is 2. The van der Waals surface area contributed by atoms with E-state index >= 15 is 0 Å². The number of phenolic OH excluding ortho intramolecular Hbond substituents is 13. The van der Waals surface area contributed by atoms with Gasteiger partial charge in [-0.15, -0.1) is 0 Å². The highest BCUT2D eigenvalue weighted by Crippen LogP contribution is 2.58. The molecule has 1 aromatic heterocycles. The zero-order chi connectivity index (χ0) is 105. The first-order valence-corrected chi connectivity index (χ1v) is 45.0. The van der Waals surface area contributed by atoms with Crippen LogP contribution in [0.5, 0.6) is 80.5 Å². The monoisotopic (exact) mass is 2020 g/mol. The van der Waals surface area contributed by atoms with E-state index in [-0.39, 0.29) is 80.0 Å². The summed E-state index contributed by atoms with van der Waals surface area (Å²) < 4.78 is 38.0. The van der Waals surface area contributed by atoms with Gasteiger partial charge in [-0.3, -0.25) is 24.2 Å². The molecule has 28 N–H and O–H groups in total. The molecule has 147 heavy (non-hydrogen) atoms. The molecule has 19 atom stereocenters. The number of aliphatic hydroxyl groups excluding tert-OH is 12. The Kier molecular flexibility index (Phi) is 27.8. The number of aromatic nitrogens is 1. The number of benzene rings is 9. The molecule has 9 heterocycles. The van der Waals surface area contributed by atoms with Gasteiger partial charge in [-0.05, 0) is 168 Å². The molecule has 3 fully saturated rings. The number of allylic oxidation sites excluding steroid dienone is 8. The quantitative estimate of drug-likeness (QED) is 0.0235. The predicted molar refractivity (Wildman–Crippen MR) is 506 cm³/mol. The number of aliphatic hydroxyl groups is 12. The second kappa shape index (κ2) is 40.6. The number of phenols is 13. The maximum Gasteiger partial charge on any atom is 0.252 e. The van der Waals surface area contributed by atoms with E-state index in [1.54, 1.807) is 60.7 Å². The highest BCUT2D eigenvalue weighted by atomic mass is 17.5. The van der Waals surface area contributed by atoms with Gasteiger partial charge in [-0.1, -0.05) is 78.9 Å². The summed E-state index contributed by atoms with van der Waals surface area (Å²) in [6.45, 7) is 0.0122. The molecule has 19 unspecified atom stereocenters. The van der Waals surface area contributed by atoms with Gasteiger partial charge in [0, 0.05) is 73.3 Å². The van der Waals surface area contributed by atoms with Crippen molar-refractivity contribution in [3.05, 3.63) is 342 Å². The Hall–Kier alpha value is -16.5. The minimum Gasteiger partial charge on any atom is -0.511 e. The van der Waals surface area contributed by atoms with Crippen LogP contribution in [0.4, 0.5) is 0 Å². The van der Waals surface area contributed by atoms with E-state index in [0.29, 0.717) is 6.07 Å². The van der Waals surface area contributed by atoms with Gasteiger partial charge >= 0.3 is 0 Å². The Morgan fingerprint density at radius 2 is 1.01 bits per heavy atom. The third-order valence-electron chi connectivity index (χ3n) is 25.9. The fourth-order valence-corrected chi connectivity index (χ4v) is 18.6. The van der Waals surface area contributed by atoms with Crippen molar-refractivity contribution in [1.82, 2.24) is 10.3 Å². The minimum absolute atomic E-state index is 0.00287. The van der Waals surface area contributed by atoms with Gasteiger partial charge in [0.15, 0.2) is 76.5 Å². The lowest BCUT2D eigenvalue weighted by molar-refractivity contribution is -0.439. The molecule has 11 aliphatic rings. The largest absolute Gasteiger partial charge is 0.511 e. The van der Waals surface area contributed by atoms with Crippen molar-refractivity contribution in [1.29, 1.82) is 0 Å². The first kappa shape index (κ1) is 101. The van der Waals surface area contributed by atoms with Crippen LogP contribution < -0.4 is 10.2 Å². The molecule has 0 amide bonds. The van der Waals surface area contributed by atoms with Gasteiger partial charge < -0.3 is 176 Å². The second-order valence-corrected chi connectivity index (χ2v) is 35.0. The van der Waals surface area contributed by atoms with Crippen LogP contribution in [0.15, 0.2) is 263 Å². The fraction of sp³-hybridized carbons (Fsp3) is 0.212. The standard InChI is InChI=1S/C44H32N4O4.C27H32O16.C19H18O15.C14H8O4/c49-29-9-1-25(2-10-29)41-33-17-19-35(45-33)42(26-3-11-30(50)12-4-26)37-21-23-39(47-37)44(28-7-15-32(52)16-8-28)40-24-22-38(48-40)43(36-20-18-34(41)46-36)27-5-13-31(51)14-6-27;1-8-17(32)20(35)22(37)26(40-8)39-7-15-18(33)21(36)23(38)27(42-15)43-25-19(34)16-13(31)5-10(28)6-14(16)41-24(25)9-2-3-11(29)12(30)4-9;20-2-5-31-18(16(28)19(29)32-5)9-12(24)8-7(13(25)14(9)26)10(22)3-1-4(21)17(33-34-30)15(27)6(3)11(8)23;15-9-5-6-10(16)12-11(9)13(17)7-3-1-2-4-8(7)14(12)18/h1-24,33,41,45,48-52H;2-6,8,14-18,20-23,26-33,35-38H,7H2,1H3;1,5,11,16,18-21,23-30H,2H2;1-6,15-16H/b42-35-,43-36-,44-39-;;;. The number of aromatic hydroxyl groups is 13. The zero-order valence-electron chi connectivity index (χ0n) is 76.0. The van der Waals surface area contributed by atoms with Crippen molar-refractivity contribution in [2.24, 2.45) is 15.9 Å². The topological polar surface area (TPSA) is 730 Å². The van der Waals surface area contributed by atoms with E-state index < -0.39 is 232 Å². The number of hydrogen-bond donors (Lipinski definition) is 28. The Balaban J connectivity index is 0.000000135. The molecule has 10 aromatic rings. The molecule has 0 spiro atoms. The van der Waals surface area contributed by atoms with Crippen LogP contribution in [0.25, 0.3) is 22.5 Å². The van der Waals surface area contributed by atoms with Crippen LogP contribution in [-0.4, -0.2) is 278 Å². The number of aliphatic imine (C=N–C) groups is 2. The lowest BCUT2D eigenvalue weighted by atomic mass is 9.79. The first-order chi connectivity index (χ1) is 70.3. The van der Waals surface area contributed by atoms with E-state index in [2.05, 4.69) is 32.4 Å². The van der Waals surface area contributed by atoms with Gasteiger partial charge in [0.2, 0.25) is 17.8 Å². The van der Waals surface area contributed by atoms with Crippen LogP contribution in [0.3, 0.4) is 0 Å². The van der Waals surface area contributed by atoms with Gasteiger partial charge in [-0.2, -0.15) is 0 Å². The zero-order valence-corrected chi connectivity index (χ0v) is 76.0. The number of nitrogens with zero attached hydrogens (tertiary/aromatic N) is 2. The summed E-state index contributed by atoms with van der Waals surface area (Å²) in [4.78, 5) is 69.5. The average molecular weight is 2020 g/mol. The maximum atomic E-state index is 13.6. The highest BCUT2D eigenvalue weighted by Gasteiger charge is 2.53. The van der Waals surface area contributed by atoms with Crippen molar-refractivity contribution >= 4 is 57.0 Å². The van der Waals surface area contributed by atoms with Crippen molar-refractivity contribution in [3.63, 3.8) is 0 Å².